The molecule has 0 rings (SSSR count). The van der Waals surface area contributed by atoms with Gasteiger partial charge >= 0.3 is 6.03 Å². The molecule has 4 nitrogen and oxygen atoms in total. The fraction of sp³-hybridized carbons (Fsp3) is 0.909. The summed E-state index contributed by atoms with van der Waals surface area (Å²) >= 11 is 0. The van der Waals surface area contributed by atoms with E-state index in [1.807, 2.05) is 0 Å². The lowest BCUT2D eigenvalue weighted by Crippen LogP contribution is -2.44. The van der Waals surface area contributed by atoms with Crippen LogP contribution in [0.15, 0.2) is 0 Å². The van der Waals surface area contributed by atoms with Crippen molar-refractivity contribution < 1.29 is 9.53 Å². The van der Waals surface area contributed by atoms with Crippen LogP contribution in [0.25, 0.3) is 0 Å². The number of carbonyl (C=O) groups is 1. The summed E-state index contributed by atoms with van der Waals surface area (Å²) in [5.74, 6) is 0. The van der Waals surface area contributed by atoms with Crippen LogP contribution >= 0.6 is 0 Å². The number of hydrogen-bond acceptors (Lipinski definition) is 2. The summed E-state index contributed by atoms with van der Waals surface area (Å²) in [5.41, 5.74) is 0. The molecule has 1 unspecified atom stereocenters. The van der Waals surface area contributed by atoms with E-state index in [0.29, 0.717) is 6.61 Å². The fourth-order valence-corrected chi connectivity index (χ4v) is 1.36. The lowest BCUT2D eigenvalue weighted by molar-refractivity contribution is 0.161. The van der Waals surface area contributed by atoms with Crippen molar-refractivity contribution in [3.8, 4) is 0 Å². The van der Waals surface area contributed by atoms with E-state index in [2.05, 4.69) is 24.5 Å². The van der Waals surface area contributed by atoms with Crippen molar-refractivity contribution in [2.24, 2.45) is 0 Å². The summed E-state index contributed by atoms with van der Waals surface area (Å²) in [6, 6.07) is 0.0422. The largest absolute Gasteiger partial charge is 0.383 e. The topological polar surface area (TPSA) is 50.4 Å². The Morgan fingerprint density at radius 2 is 2.07 bits per heavy atom. The quantitative estimate of drug-likeness (QED) is 0.609. The normalized spacial score (nSPS) is 12.2. The monoisotopic (exact) mass is 216 g/mol. The summed E-state index contributed by atoms with van der Waals surface area (Å²) < 4.78 is 5.04. The Bertz CT molecular complexity index is 157. The number of urea groups is 1. The van der Waals surface area contributed by atoms with Crippen LogP contribution in [-0.2, 0) is 4.74 Å². The molecule has 0 spiro atoms. The molecule has 90 valence electrons. The first-order valence-corrected chi connectivity index (χ1v) is 5.77. The Hall–Kier alpha value is -0.770. The first-order chi connectivity index (χ1) is 7.24. The van der Waals surface area contributed by atoms with E-state index < -0.39 is 0 Å². The van der Waals surface area contributed by atoms with E-state index in [1.54, 1.807) is 7.11 Å². The average molecular weight is 216 g/mol. The smallest absolute Gasteiger partial charge is 0.315 e. The zero-order chi connectivity index (χ0) is 11.5. The van der Waals surface area contributed by atoms with Crippen LogP contribution in [0.2, 0.25) is 0 Å². The SMILES string of the molecule is CCCCNC(=O)NC(CCC)COC. The maximum absolute atomic E-state index is 11.4. The van der Waals surface area contributed by atoms with Crippen LogP contribution < -0.4 is 10.6 Å². The van der Waals surface area contributed by atoms with E-state index in [9.17, 15) is 4.79 Å². The maximum Gasteiger partial charge on any atom is 0.315 e. The van der Waals surface area contributed by atoms with Gasteiger partial charge < -0.3 is 15.4 Å². The zero-order valence-electron chi connectivity index (χ0n) is 10.1. The molecule has 0 fully saturated rings. The molecule has 2 N–H and O–H groups in total. The van der Waals surface area contributed by atoms with E-state index in [1.165, 1.54) is 0 Å². The van der Waals surface area contributed by atoms with Crippen molar-refractivity contribution in [2.75, 3.05) is 20.3 Å². The van der Waals surface area contributed by atoms with Crippen molar-refractivity contribution >= 4 is 6.03 Å². The molecule has 0 saturated heterocycles. The first-order valence-electron chi connectivity index (χ1n) is 5.77. The van der Waals surface area contributed by atoms with Gasteiger partial charge in [0.15, 0.2) is 0 Å². The second-order valence-electron chi connectivity index (χ2n) is 3.69. The molecule has 0 bridgehead atoms. The zero-order valence-corrected chi connectivity index (χ0v) is 10.1. The number of unbranched alkanes of at least 4 members (excludes halogenated alkanes) is 1. The van der Waals surface area contributed by atoms with Crippen molar-refractivity contribution in [1.29, 1.82) is 0 Å². The molecule has 0 aliphatic heterocycles. The lowest BCUT2D eigenvalue weighted by atomic mass is 10.2. The minimum Gasteiger partial charge on any atom is -0.383 e. The highest BCUT2D eigenvalue weighted by Crippen LogP contribution is 1.96. The highest BCUT2D eigenvalue weighted by Gasteiger charge is 2.09. The highest BCUT2D eigenvalue weighted by molar-refractivity contribution is 5.74. The van der Waals surface area contributed by atoms with Gasteiger partial charge in [0.25, 0.3) is 0 Å². The van der Waals surface area contributed by atoms with Gasteiger partial charge in [-0.15, -0.1) is 0 Å². The molecule has 0 aliphatic rings. The van der Waals surface area contributed by atoms with Crippen LogP contribution in [0.4, 0.5) is 4.79 Å². The molecule has 0 aromatic heterocycles. The molecule has 1 atom stereocenters. The van der Waals surface area contributed by atoms with Gasteiger partial charge in [0.1, 0.15) is 0 Å². The molecular formula is C11H24N2O2. The molecule has 0 aliphatic carbocycles. The van der Waals surface area contributed by atoms with Crippen LogP contribution in [0.3, 0.4) is 0 Å². The summed E-state index contributed by atoms with van der Waals surface area (Å²) in [6.45, 7) is 5.52. The standard InChI is InChI=1S/C11H24N2O2/c1-4-6-8-12-11(14)13-10(7-5-2)9-15-3/h10H,4-9H2,1-3H3,(H2,12,13,14). The predicted molar refractivity (Wildman–Crippen MR) is 62.0 cm³/mol. The van der Waals surface area contributed by atoms with Crippen molar-refractivity contribution in [3.63, 3.8) is 0 Å². The van der Waals surface area contributed by atoms with Crippen LogP contribution in [0.5, 0.6) is 0 Å². The van der Waals surface area contributed by atoms with Gasteiger partial charge in [-0.3, -0.25) is 0 Å². The molecule has 2 amide bonds. The minimum absolute atomic E-state index is 0.0843. The van der Waals surface area contributed by atoms with E-state index in [-0.39, 0.29) is 12.1 Å². The van der Waals surface area contributed by atoms with E-state index in [4.69, 9.17) is 4.74 Å². The fourth-order valence-electron chi connectivity index (χ4n) is 1.36. The third-order valence-electron chi connectivity index (χ3n) is 2.16. The van der Waals surface area contributed by atoms with Crippen LogP contribution in [0.1, 0.15) is 39.5 Å². The third-order valence-corrected chi connectivity index (χ3v) is 2.16. The summed E-state index contributed by atoms with van der Waals surface area (Å²) in [5, 5.41) is 5.73. The maximum atomic E-state index is 11.4. The number of rotatable bonds is 8. The lowest BCUT2D eigenvalue weighted by Gasteiger charge is -2.17. The van der Waals surface area contributed by atoms with Crippen LogP contribution in [-0.4, -0.2) is 32.3 Å². The average Bonchev–Trinajstić information content (AvgIpc) is 2.19. The molecule has 4 heteroatoms. The molecular weight excluding hydrogens is 192 g/mol. The minimum atomic E-state index is -0.0843. The second kappa shape index (κ2) is 9.77. The number of methoxy groups -OCH3 is 1. The van der Waals surface area contributed by atoms with Gasteiger partial charge in [-0.25, -0.2) is 4.79 Å². The highest BCUT2D eigenvalue weighted by atomic mass is 16.5. The van der Waals surface area contributed by atoms with E-state index >= 15 is 0 Å². The predicted octanol–water partition coefficient (Wildman–Crippen LogP) is 1.90. The number of amides is 2. The van der Waals surface area contributed by atoms with Crippen LogP contribution in [0, 0.1) is 0 Å². The number of carbonyl (C=O) groups excluding carboxylic acids is 1. The third kappa shape index (κ3) is 8.24. The van der Waals surface area contributed by atoms with Gasteiger partial charge in [0, 0.05) is 13.7 Å². The molecule has 0 saturated carbocycles. The Morgan fingerprint density at radius 1 is 1.33 bits per heavy atom. The first kappa shape index (κ1) is 14.2. The van der Waals surface area contributed by atoms with Gasteiger partial charge in [-0.1, -0.05) is 26.7 Å². The molecule has 15 heavy (non-hydrogen) atoms. The Balaban J connectivity index is 3.67. The van der Waals surface area contributed by atoms with Crippen molar-refractivity contribution in [2.45, 2.75) is 45.6 Å². The summed E-state index contributed by atoms with van der Waals surface area (Å²) in [4.78, 5) is 11.4. The van der Waals surface area contributed by atoms with E-state index in [0.717, 1.165) is 32.2 Å². The second-order valence-corrected chi connectivity index (χ2v) is 3.69. The van der Waals surface area contributed by atoms with Gasteiger partial charge in [0.05, 0.1) is 12.6 Å². The van der Waals surface area contributed by atoms with Crippen molar-refractivity contribution in [3.05, 3.63) is 0 Å². The number of nitrogens with one attached hydrogen (secondary N) is 2. The Labute approximate surface area is 92.8 Å². The Kier molecular flexibility index (Phi) is 9.27. The number of ether oxygens (including phenoxy) is 1. The molecule has 0 radical (unpaired) electrons. The summed E-state index contributed by atoms with van der Waals surface area (Å²) in [6.07, 6.45) is 4.12. The van der Waals surface area contributed by atoms with Gasteiger partial charge in [-0.2, -0.15) is 0 Å². The number of hydrogen-bond donors (Lipinski definition) is 2. The Morgan fingerprint density at radius 3 is 2.60 bits per heavy atom. The van der Waals surface area contributed by atoms with Gasteiger partial charge in [-0.05, 0) is 12.8 Å². The van der Waals surface area contributed by atoms with Crippen molar-refractivity contribution in [1.82, 2.24) is 10.6 Å². The molecule has 0 aromatic rings. The van der Waals surface area contributed by atoms with Gasteiger partial charge in [0.2, 0.25) is 0 Å². The summed E-state index contributed by atoms with van der Waals surface area (Å²) in [7, 11) is 1.65. The molecule has 0 heterocycles. The molecule has 0 aromatic carbocycles.